The third-order valence-electron chi connectivity index (χ3n) is 5.60. The number of carbonyl (C=O) groups excluding carboxylic acids is 1. The van der Waals surface area contributed by atoms with Crippen LogP contribution in [0.15, 0.2) is 30.3 Å². The zero-order valence-corrected chi connectivity index (χ0v) is 14.5. The Labute approximate surface area is 144 Å². The maximum atomic E-state index is 12.6. The quantitative estimate of drug-likeness (QED) is 0.870. The lowest BCUT2D eigenvalue weighted by atomic mass is 9.99. The lowest BCUT2D eigenvalue weighted by Crippen LogP contribution is -2.47. The van der Waals surface area contributed by atoms with Crippen molar-refractivity contribution in [2.24, 2.45) is 11.7 Å². The summed E-state index contributed by atoms with van der Waals surface area (Å²) in [7, 11) is 2.17. The summed E-state index contributed by atoms with van der Waals surface area (Å²) < 4.78 is 0. The summed E-state index contributed by atoms with van der Waals surface area (Å²) in [6.07, 6.45) is 2.64. The van der Waals surface area contributed by atoms with Crippen LogP contribution < -0.4 is 5.73 Å². The predicted molar refractivity (Wildman–Crippen MR) is 94.2 cm³/mol. The molecule has 1 saturated heterocycles. The zero-order chi connectivity index (χ0) is 17.1. The van der Waals surface area contributed by atoms with E-state index in [0.29, 0.717) is 18.9 Å². The maximum absolute atomic E-state index is 12.6. The highest BCUT2D eigenvalue weighted by Crippen LogP contribution is 2.28. The van der Waals surface area contributed by atoms with Gasteiger partial charge in [0.1, 0.15) is 0 Å². The number of aliphatic hydroxyl groups is 1. The van der Waals surface area contributed by atoms with Crippen LogP contribution in [0.2, 0.25) is 0 Å². The molecule has 1 aromatic rings. The van der Waals surface area contributed by atoms with E-state index >= 15 is 0 Å². The van der Waals surface area contributed by atoms with Crippen LogP contribution >= 0.6 is 0 Å². The van der Waals surface area contributed by atoms with E-state index in [0.717, 1.165) is 32.5 Å². The van der Waals surface area contributed by atoms with E-state index in [-0.39, 0.29) is 17.9 Å². The fourth-order valence-electron chi connectivity index (χ4n) is 4.04. The van der Waals surface area contributed by atoms with Gasteiger partial charge in [0, 0.05) is 37.6 Å². The third kappa shape index (κ3) is 3.97. The largest absolute Gasteiger partial charge is 0.391 e. The molecule has 3 rings (SSSR count). The van der Waals surface area contributed by atoms with Crippen molar-refractivity contribution in [3.8, 4) is 0 Å². The van der Waals surface area contributed by atoms with Gasteiger partial charge in [0.05, 0.1) is 6.10 Å². The molecule has 1 aromatic carbocycles. The summed E-state index contributed by atoms with van der Waals surface area (Å²) in [5.41, 5.74) is 7.17. The van der Waals surface area contributed by atoms with Crippen LogP contribution in [0.1, 0.15) is 31.2 Å². The van der Waals surface area contributed by atoms with Gasteiger partial charge in [-0.1, -0.05) is 30.3 Å². The van der Waals surface area contributed by atoms with Crippen molar-refractivity contribution in [1.29, 1.82) is 0 Å². The molecule has 2 fully saturated rings. The monoisotopic (exact) mass is 331 g/mol. The molecule has 132 valence electrons. The van der Waals surface area contributed by atoms with Gasteiger partial charge in [0.15, 0.2) is 0 Å². The van der Waals surface area contributed by atoms with E-state index in [1.165, 1.54) is 5.56 Å². The number of nitrogens with two attached hydrogens (primary N) is 1. The van der Waals surface area contributed by atoms with E-state index in [9.17, 15) is 9.90 Å². The highest BCUT2D eigenvalue weighted by atomic mass is 16.3. The van der Waals surface area contributed by atoms with E-state index in [1.54, 1.807) is 0 Å². The second-order valence-corrected chi connectivity index (χ2v) is 7.36. The number of aliphatic hydroxyl groups excluding tert-OH is 1. The Morgan fingerprint density at radius 3 is 2.50 bits per heavy atom. The highest BCUT2D eigenvalue weighted by molar-refractivity contribution is 5.79. The van der Waals surface area contributed by atoms with Gasteiger partial charge < -0.3 is 15.7 Å². The van der Waals surface area contributed by atoms with Crippen molar-refractivity contribution >= 4 is 5.91 Å². The van der Waals surface area contributed by atoms with Gasteiger partial charge in [-0.15, -0.1) is 0 Å². The van der Waals surface area contributed by atoms with Gasteiger partial charge >= 0.3 is 0 Å². The van der Waals surface area contributed by atoms with Gasteiger partial charge in [0.2, 0.25) is 5.91 Å². The molecular weight excluding hydrogens is 302 g/mol. The molecule has 0 radical (unpaired) electrons. The molecule has 0 unspecified atom stereocenters. The van der Waals surface area contributed by atoms with Crippen LogP contribution in [0.3, 0.4) is 0 Å². The number of nitrogens with zero attached hydrogens (tertiary/aromatic N) is 2. The van der Waals surface area contributed by atoms with Crippen LogP contribution in [0.4, 0.5) is 0 Å². The van der Waals surface area contributed by atoms with Crippen molar-refractivity contribution in [3.63, 3.8) is 0 Å². The van der Waals surface area contributed by atoms with Crippen molar-refractivity contribution in [1.82, 2.24) is 9.80 Å². The number of rotatable bonds is 4. The number of likely N-dealkylation sites (tertiary alicyclic amines) is 1. The summed E-state index contributed by atoms with van der Waals surface area (Å²) in [4.78, 5) is 17.0. The van der Waals surface area contributed by atoms with Gasteiger partial charge in [-0.2, -0.15) is 0 Å². The highest BCUT2D eigenvalue weighted by Gasteiger charge is 2.37. The number of benzene rings is 1. The minimum absolute atomic E-state index is 0.0893. The molecular formula is C19H29N3O2. The molecule has 0 spiro atoms. The van der Waals surface area contributed by atoms with E-state index in [2.05, 4.69) is 36.2 Å². The molecule has 1 aliphatic carbocycles. The van der Waals surface area contributed by atoms with Crippen molar-refractivity contribution in [3.05, 3.63) is 35.9 Å². The van der Waals surface area contributed by atoms with Crippen LogP contribution in [-0.2, 0) is 11.3 Å². The predicted octanol–water partition coefficient (Wildman–Crippen LogP) is 1.21. The fraction of sp³-hybridized carbons (Fsp3) is 0.632. The summed E-state index contributed by atoms with van der Waals surface area (Å²) in [6, 6.07) is 10.8. The Hall–Kier alpha value is -1.43. The van der Waals surface area contributed by atoms with Crippen molar-refractivity contribution in [2.75, 3.05) is 20.1 Å². The van der Waals surface area contributed by atoms with E-state index < -0.39 is 6.10 Å². The first-order valence-electron chi connectivity index (χ1n) is 9.01. The van der Waals surface area contributed by atoms with Gasteiger partial charge in [-0.25, -0.2) is 0 Å². The molecule has 3 atom stereocenters. The number of piperidine rings is 1. The SMILES string of the molecule is CN(Cc1ccccc1)C1CCN(C(=O)[C@H]2C[C@H](N)[C@@H](O)C2)CC1. The number of hydrogen-bond acceptors (Lipinski definition) is 4. The molecule has 0 aromatic heterocycles. The lowest BCUT2D eigenvalue weighted by Gasteiger charge is -2.37. The zero-order valence-electron chi connectivity index (χ0n) is 14.5. The summed E-state index contributed by atoms with van der Waals surface area (Å²) >= 11 is 0. The Morgan fingerprint density at radius 2 is 1.92 bits per heavy atom. The fourth-order valence-corrected chi connectivity index (χ4v) is 4.04. The van der Waals surface area contributed by atoms with Gasteiger partial charge in [-0.3, -0.25) is 9.69 Å². The molecule has 5 nitrogen and oxygen atoms in total. The number of carbonyl (C=O) groups is 1. The van der Waals surface area contributed by atoms with Crippen molar-refractivity contribution in [2.45, 2.75) is 50.4 Å². The second kappa shape index (κ2) is 7.64. The summed E-state index contributed by atoms with van der Waals surface area (Å²) in [5.74, 6) is 0.0970. The Bertz CT molecular complexity index is 533. The smallest absolute Gasteiger partial charge is 0.225 e. The molecule has 3 N–H and O–H groups in total. The minimum atomic E-state index is -0.520. The first-order valence-corrected chi connectivity index (χ1v) is 9.01. The Balaban J connectivity index is 1.48. The topological polar surface area (TPSA) is 69.8 Å². The lowest BCUT2D eigenvalue weighted by molar-refractivity contribution is -0.137. The Morgan fingerprint density at radius 1 is 1.25 bits per heavy atom. The normalized spacial score (nSPS) is 28.5. The molecule has 1 heterocycles. The molecule has 2 aliphatic rings. The summed E-state index contributed by atoms with van der Waals surface area (Å²) in [5, 5.41) is 9.77. The molecule has 1 aliphatic heterocycles. The van der Waals surface area contributed by atoms with Crippen LogP contribution in [-0.4, -0.2) is 59.1 Å². The molecule has 1 saturated carbocycles. The average molecular weight is 331 g/mol. The average Bonchev–Trinajstić information content (AvgIpc) is 2.94. The molecule has 1 amide bonds. The molecule has 5 heteroatoms. The van der Waals surface area contributed by atoms with Crippen LogP contribution in [0.5, 0.6) is 0 Å². The third-order valence-corrected chi connectivity index (χ3v) is 5.60. The Kier molecular flexibility index (Phi) is 5.54. The standard InChI is InChI=1S/C19H29N3O2/c1-21(13-14-5-3-2-4-6-14)16-7-9-22(10-8-16)19(24)15-11-17(20)18(23)12-15/h2-6,15-18,23H,7-13,20H2,1H3/t15-,17-,18-/m0/s1. The van der Waals surface area contributed by atoms with Gasteiger partial charge in [0.25, 0.3) is 0 Å². The van der Waals surface area contributed by atoms with E-state index in [1.807, 2.05) is 11.0 Å². The first kappa shape index (κ1) is 17.4. The first-order chi connectivity index (χ1) is 11.5. The number of amides is 1. The van der Waals surface area contributed by atoms with E-state index in [4.69, 9.17) is 5.73 Å². The van der Waals surface area contributed by atoms with Crippen molar-refractivity contribution < 1.29 is 9.90 Å². The molecule has 0 bridgehead atoms. The van der Waals surface area contributed by atoms with Crippen LogP contribution in [0.25, 0.3) is 0 Å². The maximum Gasteiger partial charge on any atom is 0.225 e. The number of hydrogen-bond donors (Lipinski definition) is 2. The van der Waals surface area contributed by atoms with Crippen LogP contribution in [0, 0.1) is 5.92 Å². The minimum Gasteiger partial charge on any atom is -0.391 e. The summed E-state index contributed by atoms with van der Waals surface area (Å²) in [6.45, 7) is 2.57. The second-order valence-electron chi connectivity index (χ2n) is 7.36. The molecule has 24 heavy (non-hydrogen) atoms. The van der Waals surface area contributed by atoms with Gasteiger partial charge in [-0.05, 0) is 38.3 Å².